The van der Waals surface area contributed by atoms with Gasteiger partial charge in [0.05, 0.1) is 6.10 Å². The van der Waals surface area contributed by atoms with E-state index in [1.165, 1.54) is 6.08 Å². The predicted octanol–water partition coefficient (Wildman–Crippen LogP) is 0.546. The Labute approximate surface area is 72.7 Å². The molecule has 68 valence electrons. The third kappa shape index (κ3) is 2.34. The Hall–Kier alpha value is -0.830. The number of aliphatic hydroxyl groups is 1. The topological polar surface area (TPSA) is 40.5 Å². The number of amides is 1. The van der Waals surface area contributed by atoms with Gasteiger partial charge < -0.3 is 10.0 Å². The zero-order chi connectivity index (χ0) is 8.97. The lowest BCUT2D eigenvalue weighted by atomic mass is 10.1. The fraction of sp³-hybridized carbons (Fsp3) is 0.667. The lowest BCUT2D eigenvalue weighted by Gasteiger charge is -2.29. The second-order valence-corrected chi connectivity index (χ2v) is 3.08. The van der Waals surface area contributed by atoms with Crippen LogP contribution in [0.5, 0.6) is 0 Å². The normalized spacial score (nSPS) is 24.8. The number of hydrogen-bond donors (Lipinski definition) is 1. The van der Waals surface area contributed by atoms with E-state index in [9.17, 15) is 9.90 Å². The number of piperidine rings is 1. The first-order chi connectivity index (χ1) is 5.74. The molecule has 0 bridgehead atoms. The third-order valence-electron chi connectivity index (χ3n) is 2.02. The smallest absolute Gasteiger partial charge is 0.246 e. The molecular weight excluding hydrogens is 154 g/mol. The number of nitrogens with zero attached hydrogens (tertiary/aromatic N) is 1. The highest BCUT2D eigenvalue weighted by Gasteiger charge is 2.19. The summed E-state index contributed by atoms with van der Waals surface area (Å²) in [4.78, 5) is 13.0. The molecule has 0 saturated carbocycles. The van der Waals surface area contributed by atoms with Gasteiger partial charge in [0.25, 0.3) is 0 Å². The number of aliphatic hydroxyl groups excluding tert-OH is 1. The summed E-state index contributed by atoms with van der Waals surface area (Å²) in [5, 5.41) is 9.28. The highest BCUT2D eigenvalue weighted by atomic mass is 16.3. The van der Waals surface area contributed by atoms with Gasteiger partial charge in [0.1, 0.15) is 0 Å². The van der Waals surface area contributed by atoms with Crippen LogP contribution in [-0.4, -0.2) is 35.1 Å². The van der Waals surface area contributed by atoms with E-state index in [0.717, 1.165) is 19.4 Å². The Kier molecular flexibility index (Phi) is 3.29. The quantitative estimate of drug-likeness (QED) is 0.582. The molecule has 1 saturated heterocycles. The fourth-order valence-corrected chi connectivity index (χ4v) is 1.40. The molecule has 1 rings (SSSR count). The minimum Gasteiger partial charge on any atom is -0.391 e. The fourth-order valence-electron chi connectivity index (χ4n) is 1.40. The van der Waals surface area contributed by atoms with Gasteiger partial charge in [-0.25, -0.2) is 0 Å². The molecule has 12 heavy (non-hydrogen) atoms. The first-order valence-corrected chi connectivity index (χ1v) is 4.33. The molecule has 1 amide bonds. The van der Waals surface area contributed by atoms with Gasteiger partial charge in [-0.2, -0.15) is 0 Å². The van der Waals surface area contributed by atoms with Crippen LogP contribution in [0.2, 0.25) is 0 Å². The van der Waals surface area contributed by atoms with Crippen molar-refractivity contribution in [3.8, 4) is 0 Å². The van der Waals surface area contributed by atoms with Crippen molar-refractivity contribution in [2.24, 2.45) is 0 Å². The second-order valence-electron chi connectivity index (χ2n) is 3.08. The van der Waals surface area contributed by atoms with Crippen molar-refractivity contribution in [2.75, 3.05) is 13.1 Å². The Morgan fingerprint density at radius 3 is 3.00 bits per heavy atom. The van der Waals surface area contributed by atoms with E-state index in [1.54, 1.807) is 11.0 Å². The first kappa shape index (κ1) is 9.26. The third-order valence-corrected chi connectivity index (χ3v) is 2.02. The van der Waals surface area contributed by atoms with Crippen LogP contribution in [0.4, 0.5) is 0 Å². The molecule has 1 heterocycles. The van der Waals surface area contributed by atoms with Crippen molar-refractivity contribution in [3.63, 3.8) is 0 Å². The summed E-state index contributed by atoms with van der Waals surface area (Å²) < 4.78 is 0. The minimum atomic E-state index is -0.326. The Balaban J connectivity index is 2.45. The number of β-amino-alcohol motifs (C(OH)–C–C–N with tert-alkyl or cyclic N) is 1. The zero-order valence-corrected chi connectivity index (χ0v) is 7.36. The summed E-state index contributed by atoms with van der Waals surface area (Å²) >= 11 is 0. The number of allylic oxidation sites excluding steroid dienone is 1. The van der Waals surface area contributed by atoms with Crippen LogP contribution in [0.15, 0.2) is 12.2 Å². The molecule has 3 nitrogen and oxygen atoms in total. The molecule has 0 aliphatic carbocycles. The van der Waals surface area contributed by atoms with Crippen LogP contribution in [0, 0.1) is 0 Å². The van der Waals surface area contributed by atoms with Crippen molar-refractivity contribution in [3.05, 3.63) is 12.2 Å². The molecule has 1 atom stereocenters. The Bertz CT molecular complexity index is 189. The maximum Gasteiger partial charge on any atom is 0.246 e. The molecule has 0 aromatic rings. The van der Waals surface area contributed by atoms with E-state index in [-0.39, 0.29) is 12.0 Å². The molecule has 1 fully saturated rings. The van der Waals surface area contributed by atoms with Gasteiger partial charge in [-0.1, -0.05) is 6.08 Å². The van der Waals surface area contributed by atoms with Crippen LogP contribution < -0.4 is 0 Å². The molecule has 0 aromatic carbocycles. The standard InChI is InChI=1S/C9H15NO2/c1-2-4-9(12)10-6-3-5-8(11)7-10/h2,4,8,11H,3,5-7H2,1H3/b4-2+/t8-/m0/s1. The van der Waals surface area contributed by atoms with Crippen molar-refractivity contribution in [2.45, 2.75) is 25.9 Å². The number of hydrogen-bond acceptors (Lipinski definition) is 2. The summed E-state index contributed by atoms with van der Waals surface area (Å²) in [5.74, 6) is 0.0104. The lowest BCUT2D eigenvalue weighted by molar-refractivity contribution is -0.128. The predicted molar refractivity (Wildman–Crippen MR) is 46.6 cm³/mol. The zero-order valence-electron chi connectivity index (χ0n) is 7.36. The van der Waals surface area contributed by atoms with E-state index in [0.29, 0.717) is 6.54 Å². The average Bonchev–Trinajstić information content (AvgIpc) is 2.05. The molecule has 1 aliphatic rings. The maximum absolute atomic E-state index is 11.3. The first-order valence-electron chi connectivity index (χ1n) is 4.33. The van der Waals surface area contributed by atoms with Gasteiger partial charge in [-0.15, -0.1) is 0 Å². The van der Waals surface area contributed by atoms with Gasteiger partial charge in [0.2, 0.25) is 5.91 Å². The summed E-state index contributed by atoms with van der Waals surface area (Å²) in [6.45, 7) is 3.09. The highest BCUT2D eigenvalue weighted by molar-refractivity contribution is 5.87. The molecule has 0 aromatic heterocycles. The van der Waals surface area contributed by atoms with Crippen LogP contribution in [0.1, 0.15) is 19.8 Å². The summed E-state index contributed by atoms with van der Waals surface area (Å²) in [5.41, 5.74) is 0. The largest absolute Gasteiger partial charge is 0.391 e. The summed E-state index contributed by atoms with van der Waals surface area (Å²) in [6, 6.07) is 0. The monoisotopic (exact) mass is 169 g/mol. The molecule has 0 spiro atoms. The van der Waals surface area contributed by atoms with E-state index >= 15 is 0 Å². The number of carbonyl (C=O) groups excluding carboxylic acids is 1. The summed E-state index contributed by atoms with van der Waals surface area (Å²) in [6.07, 6.45) is 4.67. The van der Waals surface area contributed by atoms with Crippen LogP contribution in [0.3, 0.4) is 0 Å². The van der Waals surface area contributed by atoms with Gasteiger partial charge >= 0.3 is 0 Å². The average molecular weight is 169 g/mol. The van der Waals surface area contributed by atoms with Crippen molar-refractivity contribution < 1.29 is 9.90 Å². The summed E-state index contributed by atoms with van der Waals surface area (Å²) in [7, 11) is 0. The molecule has 3 heteroatoms. The molecule has 0 unspecified atom stereocenters. The Morgan fingerprint density at radius 2 is 2.42 bits per heavy atom. The van der Waals surface area contributed by atoms with Crippen molar-refractivity contribution >= 4 is 5.91 Å². The molecule has 1 N–H and O–H groups in total. The molecule has 1 aliphatic heterocycles. The maximum atomic E-state index is 11.3. The molecule has 0 radical (unpaired) electrons. The highest BCUT2D eigenvalue weighted by Crippen LogP contribution is 2.09. The van der Waals surface area contributed by atoms with Gasteiger partial charge in [-0.05, 0) is 25.8 Å². The number of carbonyl (C=O) groups is 1. The van der Waals surface area contributed by atoms with Crippen molar-refractivity contribution in [1.82, 2.24) is 4.90 Å². The minimum absolute atomic E-state index is 0.0104. The van der Waals surface area contributed by atoms with Gasteiger partial charge in [0.15, 0.2) is 0 Å². The molecular formula is C9H15NO2. The van der Waals surface area contributed by atoms with Crippen LogP contribution >= 0.6 is 0 Å². The lowest BCUT2D eigenvalue weighted by Crippen LogP contribution is -2.41. The number of rotatable bonds is 1. The second kappa shape index (κ2) is 4.26. The van der Waals surface area contributed by atoms with Crippen LogP contribution in [0.25, 0.3) is 0 Å². The SMILES string of the molecule is C/C=C/C(=O)N1CCC[C@H](O)C1. The Morgan fingerprint density at radius 1 is 1.67 bits per heavy atom. The van der Waals surface area contributed by atoms with E-state index in [4.69, 9.17) is 0 Å². The van der Waals surface area contributed by atoms with Crippen LogP contribution in [-0.2, 0) is 4.79 Å². The van der Waals surface area contributed by atoms with E-state index in [2.05, 4.69) is 0 Å². The van der Waals surface area contributed by atoms with Gasteiger partial charge in [0, 0.05) is 13.1 Å². The number of likely N-dealkylation sites (tertiary alicyclic amines) is 1. The van der Waals surface area contributed by atoms with Gasteiger partial charge in [-0.3, -0.25) is 4.79 Å². The van der Waals surface area contributed by atoms with E-state index in [1.807, 2.05) is 6.92 Å². The van der Waals surface area contributed by atoms with E-state index < -0.39 is 0 Å². The van der Waals surface area contributed by atoms with Crippen molar-refractivity contribution in [1.29, 1.82) is 0 Å².